The largest absolute Gasteiger partial charge is 0.305 e. The molecule has 0 radical (unpaired) electrons. The van der Waals surface area contributed by atoms with Gasteiger partial charge in [0.05, 0.1) is 6.54 Å². The fraction of sp³-hybridized carbons (Fsp3) is 0.727. The maximum Gasteiger partial charge on any atom is 0.0536 e. The van der Waals surface area contributed by atoms with E-state index >= 15 is 0 Å². The summed E-state index contributed by atoms with van der Waals surface area (Å²) in [6.07, 6.45) is 7.42. The molecule has 0 bridgehead atoms. The number of hydrogen-bond donors (Lipinski definition) is 0. The highest BCUT2D eigenvalue weighted by Gasteiger charge is 1.98. The minimum absolute atomic E-state index is 0.789. The molecule has 0 unspecified atom stereocenters. The van der Waals surface area contributed by atoms with E-state index in [1.54, 1.807) is 0 Å². The second-order valence-corrected chi connectivity index (χ2v) is 4.20. The molecule has 1 aromatic heterocycles. The molecular weight excluding hydrogens is 210 g/mol. The molecule has 0 spiro atoms. The molecule has 3 nitrogen and oxygen atoms in total. The first-order chi connectivity index (χ1) is 7.33. The summed E-state index contributed by atoms with van der Waals surface area (Å²) in [4.78, 5) is 2.34. The third kappa shape index (κ3) is 5.80. The van der Waals surface area contributed by atoms with Crippen LogP contribution in [-0.2, 0) is 6.54 Å². The van der Waals surface area contributed by atoms with Gasteiger partial charge in [0, 0.05) is 24.8 Å². The highest BCUT2D eigenvalue weighted by molar-refractivity contribution is 6.17. The molecule has 4 heteroatoms. The normalized spacial score (nSPS) is 11.1. The van der Waals surface area contributed by atoms with Gasteiger partial charge in [0.2, 0.25) is 0 Å². The summed E-state index contributed by atoms with van der Waals surface area (Å²) in [5.74, 6) is 0.789. The van der Waals surface area contributed by atoms with E-state index in [9.17, 15) is 0 Å². The molecule has 0 aliphatic carbocycles. The van der Waals surface area contributed by atoms with Crippen LogP contribution in [0.25, 0.3) is 0 Å². The van der Waals surface area contributed by atoms with Crippen molar-refractivity contribution >= 4 is 11.6 Å². The molecule has 0 amide bonds. The summed E-state index contributed by atoms with van der Waals surface area (Å²) < 4.78 is 1.97. The zero-order valence-corrected chi connectivity index (χ0v) is 10.2. The molecule has 0 saturated heterocycles. The van der Waals surface area contributed by atoms with Gasteiger partial charge < -0.3 is 4.90 Å². The third-order valence-corrected chi connectivity index (χ3v) is 2.71. The van der Waals surface area contributed by atoms with Gasteiger partial charge in [-0.2, -0.15) is 5.10 Å². The van der Waals surface area contributed by atoms with Crippen LogP contribution in [-0.4, -0.2) is 40.7 Å². The molecule has 0 aliphatic heterocycles. The van der Waals surface area contributed by atoms with Gasteiger partial charge in [-0.1, -0.05) is 6.42 Å². The number of unbranched alkanes of at least 4 members (excludes halogenated alkanes) is 2. The summed E-state index contributed by atoms with van der Waals surface area (Å²) in [5, 5.41) is 4.17. The number of nitrogens with zero attached hydrogens (tertiary/aromatic N) is 3. The van der Waals surface area contributed by atoms with E-state index in [1.165, 1.54) is 12.8 Å². The van der Waals surface area contributed by atoms with Gasteiger partial charge in [-0.25, -0.2) is 0 Å². The van der Waals surface area contributed by atoms with E-state index < -0.39 is 0 Å². The SMILES string of the molecule is CN(CCCCCCl)CCn1cccn1. The smallest absolute Gasteiger partial charge is 0.0536 e. The number of likely N-dealkylation sites (N-methyl/N-ethyl adjacent to an activating group) is 1. The van der Waals surface area contributed by atoms with Crippen LogP contribution in [0.1, 0.15) is 19.3 Å². The Kier molecular flexibility index (Phi) is 6.44. The standard InChI is InChI=1S/C11H20ClN3/c1-14(8-4-2-3-6-12)10-11-15-9-5-7-13-15/h5,7,9H,2-4,6,8,10-11H2,1H3. The van der Waals surface area contributed by atoms with Crippen molar-refractivity contribution in [2.45, 2.75) is 25.8 Å². The predicted molar refractivity (Wildman–Crippen MR) is 64.3 cm³/mol. The molecule has 1 heterocycles. The first-order valence-corrected chi connectivity index (χ1v) is 6.08. The summed E-state index contributed by atoms with van der Waals surface area (Å²) in [6, 6.07) is 1.96. The second-order valence-electron chi connectivity index (χ2n) is 3.82. The topological polar surface area (TPSA) is 21.1 Å². The van der Waals surface area contributed by atoms with Gasteiger partial charge in [0.1, 0.15) is 0 Å². The Labute approximate surface area is 97.0 Å². The van der Waals surface area contributed by atoms with Crippen LogP contribution in [0.15, 0.2) is 18.5 Å². The van der Waals surface area contributed by atoms with Crippen LogP contribution in [0.4, 0.5) is 0 Å². The molecule has 0 saturated carbocycles. The van der Waals surface area contributed by atoms with Gasteiger partial charge in [0.25, 0.3) is 0 Å². The zero-order valence-electron chi connectivity index (χ0n) is 9.40. The monoisotopic (exact) mass is 229 g/mol. The van der Waals surface area contributed by atoms with Crippen molar-refractivity contribution in [3.63, 3.8) is 0 Å². The van der Waals surface area contributed by atoms with Gasteiger partial charge in [-0.3, -0.25) is 4.68 Å². The molecule has 0 N–H and O–H groups in total. The van der Waals surface area contributed by atoms with Gasteiger partial charge >= 0.3 is 0 Å². The van der Waals surface area contributed by atoms with Crippen LogP contribution >= 0.6 is 11.6 Å². The molecule has 1 rings (SSSR count). The maximum atomic E-state index is 5.62. The highest BCUT2D eigenvalue weighted by atomic mass is 35.5. The van der Waals surface area contributed by atoms with E-state index in [0.717, 1.165) is 31.9 Å². The Balaban J connectivity index is 2.01. The number of rotatable bonds is 8. The summed E-state index contributed by atoms with van der Waals surface area (Å²) >= 11 is 5.62. The minimum Gasteiger partial charge on any atom is -0.305 e. The molecular formula is C11H20ClN3. The average Bonchev–Trinajstić information content (AvgIpc) is 2.74. The van der Waals surface area contributed by atoms with Gasteiger partial charge in [0.15, 0.2) is 0 Å². The zero-order chi connectivity index (χ0) is 10.9. The van der Waals surface area contributed by atoms with Crippen LogP contribution < -0.4 is 0 Å². The van der Waals surface area contributed by atoms with E-state index in [0.29, 0.717) is 0 Å². The first-order valence-electron chi connectivity index (χ1n) is 5.55. The van der Waals surface area contributed by atoms with Crippen LogP contribution in [0.3, 0.4) is 0 Å². The summed E-state index contributed by atoms with van der Waals surface area (Å²) in [5.41, 5.74) is 0. The Morgan fingerprint density at radius 3 is 2.80 bits per heavy atom. The van der Waals surface area contributed by atoms with Gasteiger partial charge in [-0.15, -0.1) is 11.6 Å². The fourth-order valence-electron chi connectivity index (χ4n) is 1.47. The minimum atomic E-state index is 0.789. The van der Waals surface area contributed by atoms with Crippen molar-refractivity contribution in [3.8, 4) is 0 Å². The van der Waals surface area contributed by atoms with Crippen LogP contribution in [0.2, 0.25) is 0 Å². The lowest BCUT2D eigenvalue weighted by Crippen LogP contribution is -2.24. The molecule has 0 atom stereocenters. The fourth-order valence-corrected chi connectivity index (χ4v) is 1.66. The van der Waals surface area contributed by atoms with E-state index in [4.69, 9.17) is 11.6 Å². The Bertz CT molecular complexity index is 236. The molecule has 86 valence electrons. The van der Waals surface area contributed by atoms with Gasteiger partial charge in [-0.05, 0) is 32.5 Å². The van der Waals surface area contributed by atoms with E-state index in [1.807, 2.05) is 23.1 Å². The second kappa shape index (κ2) is 7.71. The van der Waals surface area contributed by atoms with Crippen molar-refractivity contribution in [2.75, 3.05) is 26.0 Å². The number of alkyl halides is 1. The lowest BCUT2D eigenvalue weighted by Gasteiger charge is -2.16. The van der Waals surface area contributed by atoms with Crippen LogP contribution in [0, 0.1) is 0 Å². The first kappa shape index (κ1) is 12.5. The number of hydrogen-bond acceptors (Lipinski definition) is 2. The van der Waals surface area contributed by atoms with Crippen molar-refractivity contribution < 1.29 is 0 Å². The number of aromatic nitrogens is 2. The lowest BCUT2D eigenvalue weighted by molar-refractivity contribution is 0.305. The number of halogens is 1. The lowest BCUT2D eigenvalue weighted by atomic mass is 10.2. The van der Waals surface area contributed by atoms with Crippen molar-refractivity contribution in [3.05, 3.63) is 18.5 Å². The molecule has 0 fully saturated rings. The van der Waals surface area contributed by atoms with Crippen molar-refractivity contribution in [2.24, 2.45) is 0 Å². The highest BCUT2D eigenvalue weighted by Crippen LogP contribution is 1.99. The summed E-state index contributed by atoms with van der Waals surface area (Å²) in [6.45, 7) is 3.18. The Morgan fingerprint density at radius 1 is 1.27 bits per heavy atom. The molecule has 15 heavy (non-hydrogen) atoms. The molecule has 0 aromatic carbocycles. The molecule has 1 aromatic rings. The Morgan fingerprint density at radius 2 is 2.13 bits per heavy atom. The van der Waals surface area contributed by atoms with Crippen molar-refractivity contribution in [1.29, 1.82) is 0 Å². The maximum absolute atomic E-state index is 5.62. The third-order valence-electron chi connectivity index (χ3n) is 2.44. The van der Waals surface area contributed by atoms with E-state index in [2.05, 4.69) is 17.0 Å². The van der Waals surface area contributed by atoms with E-state index in [-0.39, 0.29) is 0 Å². The molecule has 0 aliphatic rings. The Hall–Kier alpha value is -0.540. The average molecular weight is 230 g/mol. The predicted octanol–water partition coefficient (Wildman–Crippen LogP) is 2.22. The van der Waals surface area contributed by atoms with Crippen LogP contribution in [0.5, 0.6) is 0 Å². The van der Waals surface area contributed by atoms with Crippen molar-refractivity contribution in [1.82, 2.24) is 14.7 Å². The quantitative estimate of drug-likeness (QED) is 0.504. The summed E-state index contributed by atoms with van der Waals surface area (Å²) in [7, 11) is 2.16.